The summed E-state index contributed by atoms with van der Waals surface area (Å²) >= 11 is 0. The maximum atomic E-state index is 13.3. The average Bonchev–Trinajstić information content (AvgIpc) is 2.99. The second kappa shape index (κ2) is 5.42. The number of carbonyl (C=O) groups is 1. The number of nitrogens with one attached hydrogen (secondary N) is 1. The third-order valence-electron chi connectivity index (χ3n) is 4.64. The molecular formula is C16H18F2N4O. The molecule has 5 nitrogen and oxygen atoms in total. The van der Waals surface area contributed by atoms with Gasteiger partial charge in [-0.2, -0.15) is 5.10 Å². The number of rotatable bonds is 3. The van der Waals surface area contributed by atoms with Crippen molar-refractivity contribution < 1.29 is 13.6 Å². The Balaban J connectivity index is 1.74. The summed E-state index contributed by atoms with van der Waals surface area (Å²) in [5.74, 6) is -2.20. The summed E-state index contributed by atoms with van der Waals surface area (Å²) in [4.78, 5) is 12.2. The van der Waals surface area contributed by atoms with Crippen LogP contribution in [0.3, 0.4) is 0 Å². The van der Waals surface area contributed by atoms with Gasteiger partial charge in [-0.1, -0.05) is 13.8 Å². The quantitative estimate of drug-likeness (QED) is 0.908. The molecule has 3 rings (SSSR count). The van der Waals surface area contributed by atoms with Crippen molar-refractivity contribution in [2.24, 2.45) is 11.1 Å². The first kappa shape index (κ1) is 15.6. The number of hydrogen-bond donors (Lipinski definition) is 2. The predicted molar refractivity (Wildman–Crippen MR) is 81.1 cm³/mol. The van der Waals surface area contributed by atoms with Crippen molar-refractivity contribution >= 4 is 5.91 Å². The van der Waals surface area contributed by atoms with E-state index in [4.69, 9.17) is 5.73 Å². The van der Waals surface area contributed by atoms with E-state index in [2.05, 4.69) is 10.4 Å². The maximum Gasteiger partial charge on any atom is 0.272 e. The van der Waals surface area contributed by atoms with E-state index >= 15 is 0 Å². The third kappa shape index (κ3) is 2.72. The lowest BCUT2D eigenvalue weighted by Gasteiger charge is -2.50. The van der Waals surface area contributed by atoms with Crippen molar-refractivity contribution in [1.82, 2.24) is 15.1 Å². The molecule has 0 bridgehead atoms. The van der Waals surface area contributed by atoms with Gasteiger partial charge in [0.2, 0.25) is 0 Å². The Morgan fingerprint density at radius 2 is 2.09 bits per heavy atom. The summed E-state index contributed by atoms with van der Waals surface area (Å²) in [5.41, 5.74) is 6.33. The first-order valence-corrected chi connectivity index (χ1v) is 7.36. The van der Waals surface area contributed by atoms with Crippen LogP contribution in [0, 0.1) is 17.0 Å². The van der Waals surface area contributed by atoms with Crippen LogP contribution in [0.15, 0.2) is 30.5 Å². The largest absolute Gasteiger partial charge is 0.347 e. The van der Waals surface area contributed by atoms with Crippen molar-refractivity contribution in [1.29, 1.82) is 0 Å². The fourth-order valence-corrected chi connectivity index (χ4v) is 2.65. The summed E-state index contributed by atoms with van der Waals surface area (Å²) in [7, 11) is 0. The molecule has 1 fully saturated rings. The highest BCUT2D eigenvalue weighted by atomic mass is 19.2. The zero-order valence-corrected chi connectivity index (χ0v) is 12.9. The van der Waals surface area contributed by atoms with Gasteiger partial charge < -0.3 is 11.1 Å². The Bertz CT molecular complexity index is 756. The van der Waals surface area contributed by atoms with Crippen molar-refractivity contribution in [2.75, 3.05) is 0 Å². The van der Waals surface area contributed by atoms with Crippen molar-refractivity contribution in [3.8, 4) is 5.69 Å². The van der Waals surface area contributed by atoms with Crippen LogP contribution in [-0.2, 0) is 0 Å². The lowest BCUT2D eigenvalue weighted by molar-refractivity contribution is 0.0583. The monoisotopic (exact) mass is 320 g/mol. The standard InChI is InChI=1S/C16H18F2N4O/c1-16(2)13(19)8-14(16)20-15(23)12-5-6-22(21-12)9-3-4-10(17)11(18)7-9/h3-7,13-14H,8,19H2,1-2H3,(H,20,23). The third-order valence-corrected chi connectivity index (χ3v) is 4.64. The Labute approximate surface area is 132 Å². The predicted octanol–water partition coefficient (Wildman–Crippen LogP) is 2.01. The molecule has 2 aromatic rings. The molecule has 0 saturated heterocycles. The Morgan fingerprint density at radius 1 is 1.35 bits per heavy atom. The zero-order chi connectivity index (χ0) is 16.8. The number of benzene rings is 1. The first-order valence-electron chi connectivity index (χ1n) is 7.36. The van der Waals surface area contributed by atoms with E-state index in [1.807, 2.05) is 13.8 Å². The number of aromatic nitrogens is 2. The van der Waals surface area contributed by atoms with Crippen molar-refractivity contribution in [2.45, 2.75) is 32.4 Å². The molecule has 0 radical (unpaired) electrons. The molecule has 1 saturated carbocycles. The Kier molecular flexibility index (Phi) is 3.68. The maximum absolute atomic E-state index is 13.3. The number of amides is 1. The number of nitrogens with zero attached hydrogens (tertiary/aromatic N) is 2. The lowest BCUT2D eigenvalue weighted by Crippen LogP contribution is -2.64. The van der Waals surface area contributed by atoms with E-state index in [0.717, 1.165) is 18.6 Å². The molecule has 1 aliphatic carbocycles. The van der Waals surface area contributed by atoms with Gasteiger partial charge in [0.05, 0.1) is 5.69 Å². The Morgan fingerprint density at radius 3 is 2.70 bits per heavy atom. The topological polar surface area (TPSA) is 72.9 Å². The molecule has 0 spiro atoms. The van der Waals surface area contributed by atoms with Gasteiger partial charge in [0.1, 0.15) is 0 Å². The molecule has 1 aromatic heterocycles. The molecule has 7 heteroatoms. The van der Waals surface area contributed by atoms with Crippen LogP contribution in [0.25, 0.3) is 5.69 Å². The van der Waals surface area contributed by atoms with Crippen molar-refractivity contribution in [3.63, 3.8) is 0 Å². The first-order chi connectivity index (χ1) is 10.8. The number of halogens is 2. The minimum absolute atomic E-state index is 0.00147. The van der Waals surface area contributed by atoms with Gasteiger partial charge in [-0.15, -0.1) is 0 Å². The van der Waals surface area contributed by atoms with E-state index < -0.39 is 11.6 Å². The summed E-state index contributed by atoms with van der Waals surface area (Å²) in [5, 5.41) is 7.02. The van der Waals surface area contributed by atoms with Crippen LogP contribution in [-0.4, -0.2) is 27.8 Å². The molecule has 1 aromatic carbocycles. The minimum atomic E-state index is -0.964. The van der Waals surface area contributed by atoms with Gasteiger partial charge in [0, 0.05) is 29.8 Å². The van der Waals surface area contributed by atoms with E-state index in [-0.39, 0.29) is 29.1 Å². The average molecular weight is 320 g/mol. The number of nitrogens with two attached hydrogens (primary N) is 1. The van der Waals surface area contributed by atoms with Crippen LogP contribution in [0.5, 0.6) is 0 Å². The van der Waals surface area contributed by atoms with E-state index in [1.54, 1.807) is 0 Å². The summed E-state index contributed by atoms with van der Waals surface area (Å²) in [6.45, 7) is 4.01. The highest BCUT2D eigenvalue weighted by Crippen LogP contribution is 2.39. The van der Waals surface area contributed by atoms with Gasteiger partial charge in [-0.05, 0) is 24.6 Å². The van der Waals surface area contributed by atoms with Crippen LogP contribution in [0.2, 0.25) is 0 Å². The van der Waals surface area contributed by atoms with E-state index in [1.165, 1.54) is 23.0 Å². The van der Waals surface area contributed by atoms with Gasteiger partial charge >= 0.3 is 0 Å². The molecule has 2 unspecified atom stereocenters. The fraction of sp³-hybridized carbons (Fsp3) is 0.375. The van der Waals surface area contributed by atoms with Crippen LogP contribution in [0.4, 0.5) is 8.78 Å². The van der Waals surface area contributed by atoms with Gasteiger partial charge in [0.25, 0.3) is 5.91 Å². The van der Waals surface area contributed by atoms with E-state index in [0.29, 0.717) is 5.69 Å². The second-order valence-corrected chi connectivity index (χ2v) is 6.43. The molecule has 3 N–H and O–H groups in total. The summed E-state index contributed by atoms with van der Waals surface area (Å²) in [6.07, 6.45) is 2.25. The molecule has 23 heavy (non-hydrogen) atoms. The van der Waals surface area contributed by atoms with Crippen LogP contribution < -0.4 is 11.1 Å². The van der Waals surface area contributed by atoms with E-state index in [9.17, 15) is 13.6 Å². The van der Waals surface area contributed by atoms with Gasteiger partial charge in [-0.3, -0.25) is 4.79 Å². The number of hydrogen-bond acceptors (Lipinski definition) is 3. The second-order valence-electron chi connectivity index (χ2n) is 6.43. The molecular weight excluding hydrogens is 302 g/mol. The van der Waals surface area contributed by atoms with Gasteiger partial charge in [0.15, 0.2) is 17.3 Å². The lowest BCUT2D eigenvalue weighted by atomic mass is 9.63. The highest BCUT2D eigenvalue weighted by Gasteiger charge is 2.46. The summed E-state index contributed by atoms with van der Waals surface area (Å²) < 4.78 is 27.6. The highest BCUT2D eigenvalue weighted by molar-refractivity contribution is 5.92. The SMILES string of the molecule is CC1(C)C(N)CC1NC(=O)c1ccn(-c2ccc(F)c(F)c2)n1. The van der Waals surface area contributed by atoms with Crippen LogP contribution in [0.1, 0.15) is 30.8 Å². The molecule has 1 amide bonds. The molecule has 122 valence electrons. The molecule has 0 aliphatic heterocycles. The number of carbonyl (C=O) groups excluding carboxylic acids is 1. The normalized spacial score (nSPS) is 22.5. The molecule has 2 atom stereocenters. The Hall–Kier alpha value is -2.28. The van der Waals surface area contributed by atoms with Gasteiger partial charge in [-0.25, -0.2) is 13.5 Å². The van der Waals surface area contributed by atoms with Crippen molar-refractivity contribution in [3.05, 3.63) is 47.8 Å². The molecule has 1 heterocycles. The minimum Gasteiger partial charge on any atom is -0.347 e. The zero-order valence-electron chi connectivity index (χ0n) is 12.9. The fourth-order valence-electron chi connectivity index (χ4n) is 2.65. The smallest absolute Gasteiger partial charge is 0.272 e. The molecule has 1 aliphatic rings. The summed E-state index contributed by atoms with van der Waals surface area (Å²) in [6, 6.07) is 5.03. The van der Waals surface area contributed by atoms with Crippen LogP contribution >= 0.6 is 0 Å².